The molecule has 1 aliphatic heterocycles. The lowest BCUT2D eigenvalue weighted by atomic mass is 9.78. The number of nitrogens with one attached hydrogen (secondary N) is 2. The van der Waals surface area contributed by atoms with Crippen LogP contribution in [0.1, 0.15) is 18.5 Å². The Kier molecular flexibility index (Phi) is 8.82. The van der Waals surface area contributed by atoms with Gasteiger partial charge in [0.15, 0.2) is 0 Å². The number of aromatic nitrogens is 1. The molecule has 7 heteroatoms. The van der Waals surface area contributed by atoms with Gasteiger partial charge >= 0.3 is 0 Å². The van der Waals surface area contributed by atoms with Crippen LogP contribution in [0.2, 0.25) is 0 Å². The Labute approximate surface area is 138 Å². The van der Waals surface area contributed by atoms with E-state index in [1.54, 1.807) is 13.3 Å². The second-order valence-electron chi connectivity index (χ2n) is 5.10. The van der Waals surface area contributed by atoms with Crippen LogP contribution in [-0.4, -0.2) is 37.7 Å². The third-order valence-corrected chi connectivity index (χ3v) is 3.62. The minimum atomic E-state index is -0.419. The van der Waals surface area contributed by atoms with Gasteiger partial charge in [-0.15, -0.1) is 24.8 Å². The predicted octanol–water partition coefficient (Wildman–Crippen LogP) is 2.19. The Bertz CT molecular complexity index is 446. The lowest BCUT2D eigenvalue weighted by molar-refractivity contribution is -0.130. The number of aryl methyl sites for hydroxylation is 1. The van der Waals surface area contributed by atoms with Crippen LogP contribution in [0.4, 0.5) is 5.69 Å². The number of halogens is 2. The molecule has 0 aromatic carbocycles. The quantitative estimate of drug-likeness (QED) is 0.885. The maximum Gasteiger partial charge on any atom is 0.233 e. The number of nitrogens with zero attached hydrogens (tertiary/aromatic N) is 1. The molecule has 1 saturated heterocycles. The van der Waals surface area contributed by atoms with Gasteiger partial charge in [-0.1, -0.05) is 0 Å². The monoisotopic (exact) mass is 335 g/mol. The number of carbonyl (C=O) groups is 1. The van der Waals surface area contributed by atoms with E-state index in [9.17, 15) is 4.79 Å². The zero-order valence-electron chi connectivity index (χ0n) is 12.3. The van der Waals surface area contributed by atoms with Crippen molar-refractivity contribution in [3.8, 4) is 0 Å². The molecule has 2 rings (SSSR count). The topological polar surface area (TPSA) is 63.2 Å². The van der Waals surface area contributed by atoms with E-state index in [0.717, 1.165) is 37.3 Å². The molecule has 0 saturated carbocycles. The van der Waals surface area contributed by atoms with Crippen molar-refractivity contribution in [2.45, 2.75) is 19.8 Å². The van der Waals surface area contributed by atoms with Crippen LogP contribution in [0.5, 0.6) is 0 Å². The molecule has 120 valence electrons. The highest BCUT2D eigenvalue weighted by Crippen LogP contribution is 2.30. The summed E-state index contributed by atoms with van der Waals surface area (Å²) in [5.41, 5.74) is 1.27. The highest BCUT2D eigenvalue weighted by Gasteiger charge is 2.39. The number of carbonyl (C=O) groups excluding carboxylic acids is 1. The molecule has 0 radical (unpaired) electrons. The third kappa shape index (κ3) is 5.11. The molecule has 1 aromatic rings. The van der Waals surface area contributed by atoms with E-state index in [0.29, 0.717) is 6.61 Å². The molecule has 1 aliphatic rings. The summed E-state index contributed by atoms with van der Waals surface area (Å²) in [7, 11) is 1.65. The average molecular weight is 336 g/mol. The highest BCUT2D eigenvalue weighted by atomic mass is 35.5. The Morgan fingerprint density at radius 2 is 2.10 bits per heavy atom. The third-order valence-electron chi connectivity index (χ3n) is 3.62. The smallest absolute Gasteiger partial charge is 0.233 e. The molecule has 2 heterocycles. The molecule has 1 amide bonds. The van der Waals surface area contributed by atoms with Crippen LogP contribution in [0.3, 0.4) is 0 Å². The molecule has 5 nitrogen and oxygen atoms in total. The summed E-state index contributed by atoms with van der Waals surface area (Å²) in [6.07, 6.45) is 3.31. The molecule has 0 unspecified atom stereocenters. The molecular weight excluding hydrogens is 313 g/mol. The maximum absolute atomic E-state index is 12.6. The number of ether oxygens (including phenoxy) is 1. The number of amides is 1. The van der Waals surface area contributed by atoms with Crippen molar-refractivity contribution in [2.24, 2.45) is 5.41 Å². The van der Waals surface area contributed by atoms with E-state index in [1.807, 2.05) is 19.1 Å². The molecule has 0 bridgehead atoms. The maximum atomic E-state index is 12.6. The summed E-state index contributed by atoms with van der Waals surface area (Å²) in [5, 5.41) is 6.27. The van der Waals surface area contributed by atoms with Gasteiger partial charge in [0.2, 0.25) is 5.91 Å². The van der Waals surface area contributed by atoms with Crippen molar-refractivity contribution in [1.29, 1.82) is 0 Å². The Morgan fingerprint density at radius 1 is 1.43 bits per heavy atom. The van der Waals surface area contributed by atoms with E-state index in [4.69, 9.17) is 4.74 Å². The number of anilines is 1. The first-order valence-corrected chi connectivity index (χ1v) is 6.60. The summed E-state index contributed by atoms with van der Waals surface area (Å²) in [4.78, 5) is 16.7. The fourth-order valence-electron chi connectivity index (χ4n) is 2.51. The Hall–Kier alpha value is -0.880. The standard InChI is InChI=1S/C14H21N3O2.2ClH/c1-11-9-12(3-6-16-11)17-13(18)14(10-19-2)4-7-15-8-5-14;;/h3,6,9,15H,4-5,7-8,10H2,1-2H3,(H,16,17,18);2*1H. The van der Waals surface area contributed by atoms with E-state index >= 15 is 0 Å². The summed E-state index contributed by atoms with van der Waals surface area (Å²) in [6.45, 7) is 4.08. The predicted molar refractivity (Wildman–Crippen MR) is 88.5 cm³/mol. The van der Waals surface area contributed by atoms with Gasteiger partial charge in [0.05, 0.1) is 12.0 Å². The molecule has 0 spiro atoms. The number of hydrogen-bond acceptors (Lipinski definition) is 4. The zero-order valence-corrected chi connectivity index (χ0v) is 14.0. The molecule has 0 atom stereocenters. The van der Waals surface area contributed by atoms with Crippen molar-refractivity contribution < 1.29 is 9.53 Å². The van der Waals surface area contributed by atoms with Gasteiger partial charge in [-0.25, -0.2) is 0 Å². The molecule has 1 aromatic heterocycles. The van der Waals surface area contributed by atoms with Gasteiger partial charge in [-0.05, 0) is 45.0 Å². The molecule has 0 aliphatic carbocycles. The summed E-state index contributed by atoms with van der Waals surface area (Å²) in [5.74, 6) is 0.0430. The second-order valence-corrected chi connectivity index (χ2v) is 5.10. The average Bonchev–Trinajstić information content (AvgIpc) is 2.40. The normalized spacial score (nSPS) is 16.3. The summed E-state index contributed by atoms with van der Waals surface area (Å²) < 4.78 is 5.27. The first-order valence-electron chi connectivity index (χ1n) is 6.60. The molecule has 2 N–H and O–H groups in total. The van der Waals surface area contributed by atoms with Crippen LogP contribution in [-0.2, 0) is 9.53 Å². The van der Waals surface area contributed by atoms with E-state index < -0.39 is 5.41 Å². The SMILES string of the molecule is COCC1(C(=O)Nc2ccnc(C)c2)CCNCC1.Cl.Cl. The second kappa shape index (κ2) is 9.20. The van der Waals surface area contributed by atoms with Crippen molar-refractivity contribution in [3.05, 3.63) is 24.0 Å². The fourth-order valence-corrected chi connectivity index (χ4v) is 2.51. The number of piperidine rings is 1. The van der Waals surface area contributed by atoms with Crippen LogP contribution in [0.15, 0.2) is 18.3 Å². The molecular formula is C14H23Cl2N3O2. The van der Waals surface area contributed by atoms with Crippen molar-refractivity contribution in [2.75, 3.05) is 32.1 Å². The first-order chi connectivity index (χ1) is 9.16. The van der Waals surface area contributed by atoms with Crippen LogP contribution in [0.25, 0.3) is 0 Å². The van der Waals surface area contributed by atoms with E-state index in [-0.39, 0.29) is 30.7 Å². The Morgan fingerprint density at radius 3 is 2.67 bits per heavy atom. The largest absolute Gasteiger partial charge is 0.384 e. The lowest BCUT2D eigenvalue weighted by Gasteiger charge is -2.35. The van der Waals surface area contributed by atoms with E-state index in [2.05, 4.69) is 15.6 Å². The minimum Gasteiger partial charge on any atom is -0.384 e. The van der Waals surface area contributed by atoms with Gasteiger partial charge in [-0.2, -0.15) is 0 Å². The van der Waals surface area contributed by atoms with Crippen molar-refractivity contribution >= 4 is 36.4 Å². The molecule has 21 heavy (non-hydrogen) atoms. The van der Waals surface area contributed by atoms with Crippen molar-refractivity contribution in [3.63, 3.8) is 0 Å². The van der Waals surface area contributed by atoms with Gasteiger partial charge in [0.1, 0.15) is 0 Å². The first kappa shape index (κ1) is 20.1. The van der Waals surface area contributed by atoms with Gasteiger partial charge < -0.3 is 15.4 Å². The number of rotatable bonds is 4. The number of methoxy groups -OCH3 is 1. The van der Waals surface area contributed by atoms with Crippen LogP contribution >= 0.6 is 24.8 Å². The van der Waals surface area contributed by atoms with Crippen LogP contribution < -0.4 is 10.6 Å². The summed E-state index contributed by atoms with van der Waals surface area (Å²) >= 11 is 0. The Balaban J connectivity index is 0.00000200. The number of hydrogen-bond donors (Lipinski definition) is 2. The number of pyridine rings is 1. The van der Waals surface area contributed by atoms with Gasteiger partial charge in [0, 0.05) is 24.7 Å². The zero-order chi connectivity index (χ0) is 13.7. The lowest BCUT2D eigenvalue weighted by Crippen LogP contribution is -2.47. The molecule has 1 fully saturated rings. The van der Waals surface area contributed by atoms with Gasteiger partial charge in [0.25, 0.3) is 0 Å². The summed E-state index contributed by atoms with van der Waals surface area (Å²) in [6, 6.07) is 3.69. The van der Waals surface area contributed by atoms with Gasteiger partial charge in [-0.3, -0.25) is 9.78 Å². The van der Waals surface area contributed by atoms with Crippen molar-refractivity contribution in [1.82, 2.24) is 10.3 Å². The highest BCUT2D eigenvalue weighted by molar-refractivity contribution is 5.95. The minimum absolute atomic E-state index is 0. The van der Waals surface area contributed by atoms with E-state index in [1.165, 1.54) is 0 Å². The fraction of sp³-hybridized carbons (Fsp3) is 0.571. The van der Waals surface area contributed by atoms with Crippen LogP contribution in [0, 0.1) is 12.3 Å².